The molecular weight excluding hydrogens is 442 g/mol. The number of nitrogens with zero attached hydrogens (tertiary/aromatic N) is 1. The first-order chi connectivity index (χ1) is 13.4. The number of nitrogens with one attached hydrogen (secondary N) is 2. The zero-order valence-corrected chi connectivity index (χ0v) is 17.9. The van der Waals surface area contributed by atoms with E-state index < -0.39 is 10.0 Å². The molecule has 0 aliphatic carbocycles. The molecule has 8 heteroatoms. The van der Waals surface area contributed by atoms with Crippen LogP contribution in [0.15, 0.2) is 57.9 Å². The smallest absolute Gasteiger partial charge is 0.261 e. The van der Waals surface area contributed by atoms with Gasteiger partial charge in [0, 0.05) is 28.8 Å². The minimum atomic E-state index is -3.77. The molecule has 0 bridgehead atoms. The molecule has 3 rings (SSSR count). The summed E-state index contributed by atoms with van der Waals surface area (Å²) in [6, 6.07) is 12.9. The number of sulfonamides is 1. The van der Waals surface area contributed by atoms with Crippen molar-refractivity contribution in [2.24, 2.45) is 0 Å². The quantitative estimate of drug-likeness (QED) is 0.655. The Kier molecular flexibility index (Phi) is 7.09. The van der Waals surface area contributed by atoms with Crippen LogP contribution in [0.4, 0.5) is 5.69 Å². The second-order valence-corrected chi connectivity index (χ2v) is 9.40. The van der Waals surface area contributed by atoms with Gasteiger partial charge in [-0.25, -0.2) is 8.42 Å². The van der Waals surface area contributed by atoms with Crippen molar-refractivity contribution >= 4 is 37.5 Å². The largest absolute Gasteiger partial charge is 0.351 e. The molecule has 0 radical (unpaired) electrons. The number of hydrogen-bond acceptors (Lipinski definition) is 4. The SMILES string of the molecule is O=C(NCCN1CCCCC1)c1cccc(S(=O)(=O)Nc2ccc(Br)cc2)c1. The van der Waals surface area contributed by atoms with Crippen LogP contribution >= 0.6 is 15.9 Å². The van der Waals surface area contributed by atoms with E-state index in [-0.39, 0.29) is 10.8 Å². The van der Waals surface area contributed by atoms with Crippen molar-refractivity contribution in [3.05, 3.63) is 58.6 Å². The third-order valence-electron chi connectivity index (χ3n) is 4.67. The van der Waals surface area contributed by atoms with Gasteiger partial charge in [-0.1, -0.05) is 28.4 Å². The zero-order valence-electron chi connectivity index (χ0n) is 15.5. The summed E-state index contributed by atoms with van der Waals surface area (Å²) < 4.78 is 28.6. The van der Waals surface area contributed by atoms with Gasteiger partial charge in [-0.05, 0) is 68.4 Å². The molecule has 2 aromatic rings. The number of carbonyl (C=O) groups excluding carboxylic acids is 1. The van der Waals surface area contributed by atoms with Gasteiger partial charge in [-0.2, -0.15) is 0 Å². The first-order valence-electron chi connectivity index (χ1n) is 9.33. The minimum absolute atomic E-state index is 0.0547. The van der Waals surface area contributed by atoms with Gasteiger partial charge in [0.1, 0.15) is 0 Å². The van der Waals surface area contributed by atoms with Crippen molar-refractivity contribution in [2.45, 2.75) is 24.2 Å². The van der Waals surface area contributed by atoms with Crippen molar-refractivity contribution in [1.82, 2.24) is 10.2 Å². The average molecular weight is 466 g/mol. The van der Waals surface area contributed by atoms with Crippen LogP contribution in [0.3, 0.4) is 0 Å². The number of hydrogen-bond donors (Lipinski definition) is 2. The maximum atomic E-state index is 12.6. The van der Waals surface area contributed by atoms with Crippen molar-refractivity contribution in [2.75, 3.05) is 30.9 Å². The molecule has 0 unspecified atom stereocenters. The first kappa shape index (κ1) is 20.8. The van der Waals surface area contributed by atoms with Gasteiger partial charge in [0.2, 0.25) is 0 Å². The number of piperidine rings is 1. The molecule has 0 spiro atoms. The van der Waals surface area contributed by atoms with E-state index >= 15 is 0 Å². The lowest BCUT2D eigenvalue weighted by Gasteiger charge is -2.26. The number of carbonyl (C=O) groups is 1. The van der Waals surface area contributed by atoms with Crippen molar-refractivity contribution in [1.29, 1.82) is 0 Å². The van der Waals surface area contributed by atoms with E-state index in [1.165, 1.54) is 31.4 Å². The third kappa shape index (κ3) is 5.80. The maximum Gasteiger partial charge on any atom is 0.261 e. The summed E-state index contributed by atoms with van der Waals surface area (Å²) in [6.07, 6.45) is 3.69. The van der Waals surface area contributed by atoms with Crippen LogP contribution in [-0.2, 0) is 10.0 Å². The molecule has 1 aliphatic heterocycles. The van der Waals surface area contributed by atoms with Gasteiger partial charge < -0.3 is 10.2 Å². The van der Waals surface area contributed by atoms with Gasteiger partial charge in [0.15, 0.2) is 0 Å². The Bertz CT molecular complexity index is 911. The number of amides is 1. The Morgan fingerprint density at radius 3 is 2.46 bits per heavy atom. The Morgan fingerprint density at radius 2 is 1.75 bits per heavy atom. The van der Waals surface area contributed by atoms with Crippen LogP contribution in [-0.4, -0.2) is 45.4 Å². The van der Waals surface area contributed by atoms with Crippen LogP contribution in [0, 0.1) is 0 Å². The van der Waals surface area contributed by atoms with Crippen molar-refractivity contribution in [3.8, 4) is 0 Å². The molecule has 1 aliphatic rings. The zero-order chi connectivity index (χ0) is 20.0. The third-order valence-corrected chi connectivity index (χ3v) is 6.57. The van der Waals surface area contributed by atoms with Gasteiger partial charge in [0.25, 0.3) is 15.9 Å². The van der Waals surface area contributed by atoms with Crippen LogP contribution < -0.4 is 10.0 Å². The Labute approximate surface area is 174 Å². The number of rotatable bonds is 7. The lowest BCUT2D eigenvalue weighted by Crippen LogP contribution is -2.37. The predicted molar refractivity (Wildman–Crippen MR) is 114 cm³/mol. The topological polar surface area (TPSA) is 78.5 Å². The summed E-state index contributed by atoms with van der Waals surface area (Å²) in [6.45, 7) is 3.51. The normalized spacial score (nSPS) is 15.2. The second-order valence-electron chi connectivity index (χ2n) is 6.80. The predicted octanol–water partition coefficient (Wildman–Crippen LogP) is 3.47. The Morgan fingerprint density at radius 1 is 1.04 bits per heavy atom. The molecule has 0 aromatic heterocycles. The summed E-state index contributed by atoms with van der Waals surface area (Å²) in [5.74, 6) is -0.266. The number of likely N-dealkylation sites (tertiary alicyclic amines) is 1. The highest BCUT2D eigenvalue weighted by atomic mass is 79.9. The summed E-state index contributed by atoms with van der Waals surface area (Å²) in [5.41, 5.74) is 0.789. The molecule has 1 fully saturated rings. The summed E-state index contributed by atoms with van der Waals surface area (Å²) >= 11 is 3.32. The fraction of sp³-hybridized carbons (Fsp3) is 0.350. The van der Waals surface area contributed by atoms with Crippen LogP contribution in [0.5, 0.6) is 0 Å². The monoisotopic (exact) mass is 465 g/mol. The molecule has 28 heavy (non-hydrogen) atoms. The number of halogens is 1. The Hall–Kier alpha value is -1.90. The highest BCUT2D eigenvalue weighted by Crippen LogP contribution is 2.19. The standard InChI is InChI=1S/C20H24BrN3O3S/c21-17-7-9-18(10-8-17)23-28(26,27)19-6-4-5-16(15-19)20(25)22-11-14-24-12-2-1-3-13-24/h4-10,15,23H,1-3,11-14H2,(H,22,25). The van der Waals surface area contributed by atoms with Gasteiger partial charge in [-0.15, -0.1) is 0 Å². The lowest BCUT2D eigenvalue weighted by molar-refractivity contribution is 0.0946. The van der Waals surface area contributed by atoms with E-state index in [9.17, 15) is 13.2 Å². The molecule has 2 aromatic carbocycles. The summed E-state index contributed by atoms with van der Waals surface area (Å²) in [4.78, 5) is 14.8. The molecule has 1 heterocycles. The number of benzene rings is 2. The second kappa shape index (κ2) is 9.54. The molecule has 1 saturated heterocycles. The number of anilines is 1. The average Bonchev–Trinajstić information content (AvgIpc) is 2.70. The molecule has 0 saturated carbocycles. The molecular formula is C20H24BrN3O3S. The highest BCUT2D eigenvalue weighted by Gasteiger charge is 2.17. The summed E-state index contributed by atoms with van der Waals surface area (Å²) in [5, 5.41) is 2.88. The van der Waals surface area contributed by atoms with E-state index in [2.05, 4.69) is 30.9 Å². The van der Waals surface area contributed by atoms with Crippen molar-refractivity contribution in [3.63, 3.8) is 0 Å². The van der Waals surface area contributed by atoms with Crippen LogP contribution in [0.2, 0.25) is 0 Å². The van der Waals surface area contributed by atoms with Gasteiger partial charge in [0.05, 0.1) is 4.90 Å². The van der Waals surface area contributed by atoms with Gasteiger partial charge in [-0.3, -0.25) is 9.52 Å². The molecule has 150 valence electrons. The minimum Gasteiger partial charge on any atom is -0.351 e. The first-order valence-corrected chi connectivity index (χ1v) is 11.6. The molecule has 1 amide bonds. The Balaban J connectivity index is 1.61. The fourth-order valence-electron chi connectivity index (χ4n) is 3.15. The highest BCUT2D eigenvalue weighted by molar-refractivity contribution is 9.10. The lowest BCUT2D eigenvalue weighted by atomic mass is 10.1. The molecule has 2 N–H and O–H groups in total. The summed E-state index contributed by atoms with van der Waals surface area (Å²) in [7, 11) is -3.77. The van der Waals surface area contributed by atoms with E-state index in [1.54, 1.807) is 36.4 Å². The van der Waals surface area contributed by atoms with Crippen LogP contribution in [0.1, 0.15) is 29.6 Å². The van der Waals surface area contributed by atoms with E-state index in [0.717, 1.165) is 24.1 Å². The van der Waals surface area contributed by atoms with E-state index in [4.69, 9.17) is 0 Å². The van der Waals surface area contributed by atoms with Crippen molar-refractivity contribution < 1.29 is 13.2 Å². The van der Waals surface area contributed by atoms with Crippen LogP contribution in [0.25, 0.3) is 0 Å². The van der Waals surface area contributed by atoms with Gasteiger partial charge >= 0.3 is 0 Å². The fourth-order valence-corrected chi connectivity index (χ4v) is 4.52. The van der Waals surface area contributed by atoms with E-state index in [1.807, 2.05) is 0 Å². The molecule has 6 nitrogen and oxygen atoms in total. The van der Waals surface area contributed by atoms with E-state index in [0.29, 0.717) is 17.8 Å². The maximum absolute atomic E-state index is 12.6. The molecule has 0 atom stereocenters.